The normalized spacial score (nSPS) is 14.4. The third-order valence-corrected chi connectivity index (χ3v) is 4.06. The van der Waals surface area contributed by atoms with E-state index in [1.807, 2.05) is 39.8 Å². The van der Waals surface area contributed by atoms with E-state index in [1.54, 1.807) is 0 Å². The van der Waals surface area contributed by atoms with Crippen molar-refractivity contribution in [2.24, 2.45) is 5.92 Å². The van der Waals surface area contributed by atoms with Crippen molar-refractivity contribution in [3.63, 3.8) is 0 Å². The van der Waals surface area contributed by atoms with Crippen molar-refractivity contribution < 1.29 is 0 Å². The number of hydrogen-bond donors (Lipinski definition) is 0. The van der Waals surface area contributed by atoms with Crippen LogP contribution in [0.1, 0.15) is 65.3 Å². The second kappa shape index (κ2) is 15.1. The van der Waals surface area contributed by atoms with Crippen LogP contribution in [0.25, 0.3) is 0 Å². The molecule has 1 aromatic rings. The van der Waals surface area contributed by atoms with Gasteiger partial charge in [0.1, 0.15) is 0 Å². The first-order chi connectivity index (χ1) is 11.8. The lowest BCUT2D eigenvalue weighted by molar-refractivity contribution is 0.173. The molecule has 0 radical (unpaired) electrons. The number of rotatable bonds is 3. The molecule has 0 atom stereocenters. The van der Waals surface area contributed by atoms with Crippen LogP contribution >= 0.6 is 0 Å². The topological polar surface area (TPSA) is 16.1 Å². The SMILES string of the molecule is CC.CC.CCC1CCN(Cc2cccccccc(C)n2)CC1. The Morgan fingerprint density at radius 2 is 1.46 bits per heavy atom. The van der Waals surface area contributed by atoms with Gasteiger partial charge in [-0.05, 0) is 50.9 Å². The van der Waals surface area contributed by atoms with Gasteiger partial charge < -0.3 is 0 Å². The molecule has 0 unspecified atom stereocenters. The van der Waals surface area contributed by atoms with Crippen LogP contribution in [0.5, 0.6) is 0 Å². The van der Waals surface area contributed by atoms with E-state index >= 15 is 0 Å². The number of aryl methyl sites for hydroxylation is 1. The Morgan fingerprint density at radius 3 is 2.04 bits per heavy atom. The standard InChI is InChI=1S/C18H26N2.2C2H6/c1-3-17-11-13-20(14-12-17)15-18-10-8-6-4-5-7-9-16(2)19-18;2*1-2/h4-10,17H,3,11-15H2,1-2H3;2*1-2H3. The van der Waals surface area contributed by atoms with Crippen LogP contribution in [-0.4, -0.2) is 23.0 Å². The van der Waals surface area contributed by atoms with E-state index in [2.05, 4.69) is 49.1 Å². The molecule has 2 heterocycles. The fourth-order valence-corrected chi connectivity index (χ4v) is 2.72. The van der Waals surface area contributed by atoms with E-state index in [0.717, 1.165) is 23.9 Å². The fourth-order valence-electron chi connectivity index (χ4n) is 2.72. The highest BCUT2D eigenvalue weighted by atomic mass is 15.1. The van der Waals surface area contributed by atoms with E-state index in [9.17, 15) is 0 Å². The van der Waals surface area contributed by atoms with Gasteiger partial charge in [-0.25, -0.2) is 0 Å². The second-order valence-corrected chi connectivity index (χ2v) is 5.67. The number of aromatic nitrogens is 1. The maximum atomic E-state index is 4.74. The Bertz CT molecular complexity index is 461. The Labute approximate surface area is 150 Å². The van der Waals surface area contributed by atoms with E-state index < -0.39 is 0 Å². The zero-order chi connectivity index (χ0) is 18.2. The minimum absolute atomic E-state index is 0.933. The highest BCUT2D eigenvalue weighted by Gasteiger charge is 2.17. The smallest absolute Gasteiger partial charge is 0.0547 e. The first-order valence-electron chi connectivity index (χ1n) is 9.76. The summed E-state index contributed by atoms with van der Waals surface area (Å²) in [6.07, 6.45) is 4.00. The Balaban J connectivity index is 0.00000123. The molecule has 2 heteroatoms. The largest absolute Gasteiger partial charge is 0.297 e. The summed E-state index contributed by atoms with van der Waals surface area (Å²) >= 11 is 0. The predicted octanol–water partition coefficient (Wildman–Crippen LogP) is 6.19. The van der Waals surface area contributed by atoms with Gasteiger partial charge in [-0.15, -0.1) is 0 Å². The van der Waals surface area contributed by atoms with E-state index in [4.69, 9.17) is 4.98 Å². The molecule has 1 saturated heterocycles. The summed E-state index contributed by atoms with van der Waals surface area (Å²) in [6, 6.07) is 14.5. The molecule has 0 amide bonds. The number of hydrogen-bond acceptors (Lipinski definition) is 2. The molecule has 2 nitrogen and oxygen atoms in total. The van der Waals surface area contributed by atoms with Crippen molar-refractivity contribution in [1.82, 2.24) is 9.88 Å². The van der Waals surface area contributed by atoms with E-state index in [-0.39, 0.29) is 0 Å². The third kappa shape index (κ3) is 9.67. The minimum Gasteiger partial charge on any atom is -0.297 e. The van der Waals surface area contributed by atoms with Crippen molar-refractivity contribution in [3.8, 4) is 0 Å². The molecular weight excluding hydrogens is 292 g/mol. The molecule has 24 heavy (non-hydrogen) atoms. The summed E-state index contributed by atoms with van der Waals surface area (Å²) in [5.41, 5.74) is 2.23. The van der Waals surface area contributed by atoms with E-state index in [1.165, 1.54) is 32.4 Å². The summed E-state index contributed by atoms with van der Waals surface area (Å²) in [5, 5.41) is 0. The van der Waals surface area contributed by atoms with Crippen LogP contribution in [0.2, 0.25) is 0 Å². The summed E-state index contributed by atoms with van der Waals surface area (Å²) in [6.45, 7) is 15.8. The van der Waals surface area contributed by atoms with Crippen molar-refractivity contribution in [1.29, 1.82) is 0 Å². The lowest BCUT2D eigenvalue weighted by atomic mass is 9.94. The predicted molar refractivity (Wildman–Crippen MR) is 108 cm³/mol. The quantitative estimate of drug-likeness (QED) is 0.657. The first-order valence-corrected chi connectivity index (χ1v) is 9.76. The average molecular weight is 331 g/mol. The summed E-state index contributed by atoms with van der Waals surface area (Å²) in [7, 11) is 0. The summed E-state index contributed by atoms with van der Waals surface area (Å²) in [4.78, 5) is 7.27. The molecule has 0 bridgehead atoms. The van der Waals surface area contributed by atoms with Gasteiger partial charge in [-0.2, -0.15) is 0 Å². The van der Waals surface area contributed by atoms with Gasteiger partial charge in [0.15, 0.2) is 0 Å². The number of piperidine rings is 1. The molecule has 0 N–H and O–H groups in total. The Kier molecular flexibility index (Phi) is 14.2. The first kappa shape index (κ1) is 22.6. The van der Waals surface area contributed by atoms with Crippen LogP contribution in [0, 0.1) is 12.8 Å². The van der Waals surface area contributed by atoms with Gasteiger partial charge >= 0.3 is 0 Å². The highest BCUT2D eigenvalue weighted by molar-refractivity contribution is 5.07. The van der Waals surface area contributed by atoms with Crippen LogP contribution in [0.15, 0.2) is 42.5 Å². The van der Waals surface area contributed by atoms with Crippen molar-refractivity contribution in [2.45, 2.75) is 67.3 Å². The second-order valence-electron chi connectivity index (χ2n) is 5.67. The van der Waals surface area contributed by atoms with Gasteiger partial charge in [0.2, 0.25) is 0 Å². The van der Waals surface area contributed by atoms with Crippen LogP contribution in [-0.2, 0) is 6.54 Å². The highest BCUT2D eigenvalue weighted by Crippen LogP contribution is 2.20. The molecule has 2 rings (SSSR count). The molecule has 0 aliphatic carbocycles. The van der Waals surface area contributed by atoms with Gasteiger partial charge in [0.25, 0.3) is 0 Å². The molecule has 1 fully saturated rings. The molecule has 0 aromatic carbocycles. The zero-order valence-electron chi connectivity index (χ0n) is 16.8. The zero-order valence-corrected chi connectivity index (χ0v) is 16.8. The van der Waals surface area contributed by atoms with Gasteiger partial charge in [-0.3, -0.25) is 9.88 Å². The molecule has 1 aromatic heterocycles. The molecule has 1 aliphatic rings. The number of likely N-dealkylation sites (tertiary alicyclic amines) is 1. The summed E-state index contributed by atoms with van der Waals surface area (Å²) < 4.78 is 0. The maximum absolute atomic E-state index is 4.74. The Morgan fingerprint density at radius 1 is 0.917 bits per heavy atom. The summed E-state index contributed by atoms with van der Waals surface area (Å²) in [5.74, 6) is 0.933. The van der Waals surface area contributed by atoms with Crippen molar-refractivity contribution in [2.75, 3.05) is 13.1 Å². The van der Waals surface area contributed by atoms with Crippen LogP contribution < -0.4 is 0 Å². The fraction of sp³-hybridized carbons (Fsp3) is 0.591. The minimum atomic E-state index is 0.933. The van der Waals surface area contributed by atoms with Crippen molar-refractivity contribution in [3.05, 3.63) is 53.9 Å². The van der Waals surface area contributed by atoms with Crippen molar-refractivity contribution >= 4 is 0 Å². The third-order valence-electron chi connectivity index (χ3n) is 4.06. The van der Waals surface area contributed by atoms with Gasteiger partial charge in [0, 0.05) is 12.2 Å². The lowest BCUT2D eigenvalue weighted by Gasteiger charge is -2.31. The Hall–Kier alpha value is -1.41. The van der Waals surface area contributed by atoms with E-state index in [0.29, 0.717) is 0 Å². The van der Waals surface area contributed by atoms with Crippen LogP contribution in [0.3, 0.4) is 0 Å². The molecule has 0 spiro atoms. The molecule has 1 aliphatic heterocycles. The van der Waals surface area contributed by atoms with Crippen LogP contribution in [0.4, 0.5) is 0 Å². The van der Waals surface area contributed by atoms with Gasteiger partial charge in [-0.1, -0.05) is 71.4 Å². The van der Waals surface area contributed by atoms with Gasteiger partial charge in [0.05, 0.1) is 5.69 Å². The maximum Gasteiger partial charge on any atom is 0.0547 e. The number of nitrogens with zero attached hydrogens (tertiary/aromatic N) is 2. The molecule has 136 valence electrons. The lowest BCUT2D eigenvalue weighted by Crippen LogP contribution is -2.33. The average Bonchev–Trinajstić information content (AvgIpc) is 2.65. The molecule has 0 saturated carbocycles. The monoisotopic (exact) mass is 330 g/mol. The molecular formula is C22H38N2.